The number of piperidine rings is 1. The van der Waals surface area contributed by atoms with E-state index in [-0.39, 0.29) is 10.7 Å². The van der Waals surface area contributed by atoms with Gasteiger partial charge in [0.1, 0.15) is 11.0 Å². The van der Waals surface area contributed by atoms with Gasteiger partial charge in [0.05, 0.1) is 5.56 Å². The molecule has 2 heterocycles. The van der Waals surface area contributed by atoms with E-state index in [1.807, 2.05) is 0 Å². The number of carboxylic acid groups (broad SMARTS) is 1. The summed E-state index contributed by atoms with van der Waals surface area (Å²) >= 11 is 5.85. The summed E-state index contributed by atoms with van der Waals surface area (Å²) < 4.78 is 0. The minimum atomic E-state index is -1.01. The molecule has 0 amide bonds. The number of aromatic nitrogens is 1. The molecule has 1 saturated heterocycles. The molecule has 0 bridgehead atoms. The Morgan fingerprint density at radius 2 is 2.05 bits per heavy atom. The van der Waals surface area contributed by atoms with Gasteiger partial charge in [-0.05, 0) is 38.8 Å². The van der Waals surface area contributed by atoms with E-state index >= 15 is 0 Å². The van der Waals surface area contributed by atoms with Gasteiger partial charge in [0.15, 0.2) is 0 Å². The molecule has 104 valence electrons. The van der Waals surface area contributed by atoms with Crippen LogP contribution in [-0.2, 0) is 0 Å². The molecule has 19 heavy (non-hydrogen) atoms. The lowest BCUT2D eigenvalue weighted by atomic mass is 10.00. The fraction of sp³-hybridized carbons (Fsp3) is 0.538. The summed E-state index contributed by atoms with van der Waals surface area (Å²) in [6.45, 7) is 4.29. The number of carboxylic acids is 1. The highest BCUT2D eigenvalue weighted by molar-refractivity contribution is 6.29. The van der Waals surface area contributed by atoms with E-state index < -0.39 is 5.97 Å². The quantitative estimate of drug-likeness (QED) is 0.835. The number of carbonyl (C=O) groups is 1. The predicted molar refractivity (Wildman–Crippen MR) is 74.4 cm³/mol. The van der Waals surface area contributed by atoms with Crippen LogP contribution in [0.15, 0.2) is 12.1 Å². The number of hydrazine groups is 1. The van der Waals surface area contributed by atoms with Gasteiger partial charge in [0.2, 0.25) is 0 Å². The SMILES string of the molecule is CC1CCCC(C)N1Nc1cc(C(=O)O)cc(Cl)n1. The molecule has 1 aliphatic rings. The molecule has 0 saturated carbocycles. The number of rotatable bonds is 3. The lowest BCUT2D eigenvalue weighted by Gasteiger charge is -2.39. The molecule has 6 heteroatoms. The highest BCUT2D eigenvalue weighted by Gasteiger charge is 2.25. The third-order valence-electron chi connectivity index (χ3n) is 3.48. The first-order chi connectivity index (χ1) is 8.97. The van der Waals surface area contributed by atoms with E-state index in [9.17, 15) is 4.79 Å². The van der Waals surface area contributed by atoms with E-state index in [4.69, 9.17) is 16.7 Å². The number of nitrogens with zero attached hydrogens (tertiary/aromatic N) is 2. The fourth-order valence-corrected chi connectivity index (χ4v) is 2.66. The summed E-state index contributed by atoms with van der Waals surface area (Å²) in [4.78, 5) is 15.1. The fourth-order valence-electron chi connectivity index (χ4n) is 2.45. The molecule has 2 N–H and O–H groups in total. The smallest absolute Gasteiger partial charge is 0.335 e. The molecule has 0 radical (unpaired) electrons. The normalized spacial score (nSPS) is 24.2. The maximum Gasteiger partial charge on any atom is 0.335 e. The first-order valence-electron chi connectivity index (χ1n) is 6.43. The monoisotopic (exact) mass is 283 g/mol. The van der Waals surface area contributed by atoms with Gasteiger partial charge in [0.25, 0.3) is 0 Å². The van der Waals surface area contributed by atoms with Crippen LogP contribution in [0.25, 0.3) is 0 Å². The van der Waals surface area contributed by atoms with Gasteiger partial charge in [-0.15, -0.1) is 0 Å². The van der Waals surface area contributed by atoms with Crippen LogP contribution in [0, 0.1) is 0 Å². The van der Waals surface area contributed by atoms with Gasteiger partial charge in [-0.1, -0.05) is 18.0 Å². The average Bonchev–Trinajstić information content (AvgIpc) is 2.33. The van der Waals surface area contributed by atoms with Crippen molar-refractivity contribution >= 4 is 23.4 Å². The Hall–Kier alpha value is -1.33. The van der Waals surface area contributed by atoms with E-state index in [2.05, 4.69) is 29.3 Å². The number of hydrogen-bond donors (Lipinski definition) is 2. The zero-order valence-electron chi connectivity index (χ0n) is 11.1. The second-order valence-electron chi connectivity index (χ2n) is 5.02. The van der Waals surface area contributed by atoms with Crippen LogP contribution < -0.4 is 5.43 Å². The van der Waals surface area contributed by atoms with Gasteiger partial charge in [-0.3, -0.25) is 0 Å². The Morgan fingerprint density at radius 3 is 2.63 bits per heavy atom. The number of anilines is 1. The molecule has 1 aromatic heterocycles. The molecule has 2 unspecified atom stereocenters. The first kappa shape index (κ1) is 14.1. The molecule has 0 aliphatic carbocycles. The minimum absolute atomic E-state index is 0.139. The summed E-state index contributed by atoms with van der Waals surface area (Å²) in [6, 6.07) is 3.62. The zero-order valence-corrected chi connectivity index (χ0v) is 11.8. The second kappa shape index (κ2) is 5.75. The van der Waals surface area contributed by atoms with E-state index in [1.54, 1.807) is 0 Å². The van der Waals surface area contributed by atoms with Crippen LogP contribution >= 0.6 is 11.6 Å². The Morgan fingerprint density at radius 1 is 1.42 bits per heavy atom. The van der Waals surface area contributed by atoms with Gasteiger partial charge in [-0.2, -0.15) is 0 Å². The molecule has 5 nitrogen and oxygen atoms in total. The number of halogens is 1. The molecule has 1 aliphatic heterocycles. The number of hydrogen-bond acceptors (Lipinski definition) is 4. The van der Waals surface area contributed by atoms with Gasteiger partial charge in [-0.25, -0.2) is 14.8 Å². The van der Waals surface area contributed by atoms with Crippen molar-refractivity contribution in [2.45, 2.75) is 45.2 Å². The lowest BCUT2D eigenvalue weighted by molar-refractivity contribution is 0.0696. The molecule has 1 aromatic rings. The zero-order chi connectivity index (χ0) is 14.0. The van der Waals surface area contributed by atoms with Crippen molar-refractivity contribution in [3.8, 4) is 0 Å². The largest absolute Gasteiger partial charge is 0.478 e. The Labute approximate surface area is 117 Å². The Kier molecular flexibility index (Phi) is 4.27. The van der Waals surface area contributed by atoms with Crippen LogP contribution in [0.3, 0.4) is 0 Å². The summed E-state index contributed by atoms with van der Waals surface area (Å²) in [5.41, 5.74) is 3.33. The van der Waals surface area contributed by atoms with Crippen molar-refractivity contribution in [3.63, 3.8) is 0 Å². The van der Waals surface area contributed by atoms with Gasteiger partial charge in [0, 0.05) is 12.1 Å². The van der Waals surface area contributed by atoms with Crippen LogP contribution in [0.2, 0.25) is 5.15 Å². The standard InChI is InChI=1S/C13H18ClN3O2/c1-8-4-3-5-9(2)17(8)16-12-7-10(13(18)19)6-11(14)15-12/h6-9H,3-5H2,1-2H3,(H,15,16)(H,18,19). The third kappa shape index (κ3) is 3.36. The van der Waals surface area contributed by atoms with Gasteiger partial charge >= 0.3 is 5.97 Å². The molecule has 0 aromatic carbocycles. The highest BCUT2D eigenvalue weighted by Crippen LogP contribution is 2.24. The maximum absolute atomic E-state index is 11.0. The molecule has 2 atom stereocenters. The van der Waals surface area contributed by atoms with E-state index in [0.29, 0.717) is 17.9 Å². The number of nitrogens with one attached hydrogen (secondary N) is 1. The molecular formula is C13H18ClN3O2. The average molecular weight is 284 g/mol. The van der Waals surface area contributed by atoms with Crippen LogP contribution in [0.5, 0.6) is 0 Å². The summed E-state index contributed by atoms with van der Waals surface area (Å²) in [7, 11) is 0. The van der Waals surface area contributed by atoms with Crippen LogP contribution in [0.4, 0.5) is 5.82 Å². The second-order valence-corrected chi connectivity index (χ2v) is 5.40. The molecule has 0 spiro atoms. The first-order valence-corrected chi connectivity index (χ1v) is 6.81. The van der Waals surface area contributed by atoms with Crippen molar-refractivity contribution < 1.29 is 9.90 Å². The number of pyridine rings is 1. The molecule has 1 fully saturated rings. The van der Waals surface area contributed by atoms with E-state index in [1.165, 1.54) is 18.6 Å². The van der Waals surface area contributed by atoms with Crippen molar-refractivity contribution in [1.29, 1.82) is 0 Å². The topological polar surface area (TPSA) is 65.5 Å². The van der Waals surface area contributed by atoms with Crippen molar-refractivity contribution in [2.75, 3.05) is 5.43 Å². The summed E-state index contributed by atoms with van der Waals surface area (Å²) in [5, 5.41) is 11.3. The van der Waals surface area contributed by atoms with Crippen molar-refractivity contribution in [1.82, 2.24) is 9.99 Å². The Bertz CT molecular complexity index is 471. The van der Waals surface area contributed by atoms with E-state index in [0.717, 1.165) is 12.8 Å². The summed E-state index contributed by atoms with van der Waals surface area (Å²) in [6.07, 6.45) is 3.44. The highest BCUT2D eigenvalue weighted by atomic mass is 35.5. The predicted octanol–water partition coefficient (Wildman–Crippen LogP) is 3.02. The molecular weight excluding hydrogens is 266 g/mol. The van der Waals surface area contributed by atoms with Crippen molar-refractivity contribution in [2.24, 2.45) is 0 Å². The van der Waals surface area contributed by atoms with Crippen LogP contribution in [0.1, 0.15) is 43.5 Å². The van der Waals surface area contributed by atoms with Crippen molar-refractivity contribution in [3.05, 3.63) is 22.8 Å². The lowest BCUT2D eigenvalue weighted by Crippen LogP contribution is -2.47. The molecule has 2 rings (SSSR count). The maximum atomic E-state index is 11.0. The third-order valence-corrected chi connectivity index (χ3v) is 3.67. The Balaban J connectivity index is 2.20. The van der Waals surface area contributed by atoms with Gasteiger partial charge < -0.3 is 10.5 Å². The minimum Gasteiger partial charge on any atom is -0.478 e. The van der Waals surface area contributed by atoms with Crippen LogP contribution in [-0.4, -0.2) is 33.2 Å². The summed E-state index contributed by atoms with van der Waals surface area (Å²) in [5.74, 6) is -0.530. The number of aromatic carboxylic acids is 1.